The third kappa shape index (κ3) is 8.99. The molecule has 0 spiro atoms. The van der Waals surface area contributed by atoms with E-state index in [0.717, 1.165) is 37.8 Å². The first-order chi connectivity index (χ1) is 18.0. The Balaban J connectivity index is 1.79. The zero-order chi connectivity index (χ0) is 26.5. The molecule has 3 rings (SSSR count). The van der Waals surface area contributed by atoms with E-state index in [1.54, 1.807) is 6.20 Å². The molecule has 37 heavy (non-hydrogen) atoms. The number of nitrogens with zero attached hydrogens (tertiary/aromatic N) is 4. The molecule has 3 N–H and O–H groups in total. The summed E-state index contributed by atoms with van der Waals surface area (Å²) in [5.41, 5.74) is 8.93. The fourth-order valence-electron chi connectivity index (χ4n) is 4.11. The number of carbonyl (C=O) groups excluding carboxylic acids is 1. The Bertz CT molecular complexity index is 1120. The molecule has 1 amide bonds. The molecule has 0 radical (unpaired) electrons. The molecular formula is C29H37N5O3. The van der Waals surface area contributed by atoms with Crippen LogP contribution >= 0.6 is 0 Å². The fourth-order valence-corrected chi connectivity index (χ4v) is 4.11. The van der Waals surface area contributed by atoms with Crippen molar-refractivity contribution in [2.45, 2.75) is 38.5 Å². The summed E-state index contributed by atoms with van der Waals surface area (Å²) in [6, 6.07) is 19.9. The van der Waals surface area contributed by atoms with Gasteiger partial charge in [-0.1, -0.05) is 67.1 Å². The summed E-state index contributed by atoms with van der Waals surface area (Å²) >= 11 is 0. The van der Waals surface area contributed by atoms with Crippen LogP contribution in [0, 0.1) is 0 Å². The van der Waals surface area contributed by atoms with Gasteiger partial charge in [-0.25, -0.2) is 9.97 Å². The maximum absolute atomic E-state index is 13.6. The number of rotatable bonds is 15. The van der Waals surface area contributed by atoms with Crippen LogP contribution in [-0.2, 0) is 24.1 Å². The van der Waals surface area contributed by atoms with Crippen molar-refractivity contribution in [3.8, 4) is 0 Å². The van der Waals surface area contributed by atoms with Crippen LogP contribution in [0.5, 0.6) is 0 Å². The Morgan fingerprint density at radius 1 is 0.865 bits per heavy atom. The molecule has 2 aromatic carbocycles. The zero-order valence-corrected chi connectivity index (χ0v) is 21.6. The van der Waals surface area contributed by atoms with Crippen LogP contribution in [-0.4, -0.2) is 65.1 Å². The quantitative estimate of drug-likeness (QED) is 0.305. The number of amides is 1. The van der Waals surface area contributed by atoms with Gasteiger partial charge in [0.1, 0.15) is 6.54 Å². The molecule has 0 atom stereocenters. The van der Waals surface area contributed by atoms with Gasteiger partial charge in [0.2, 0.25) is 5.95 Å². The molecule has 1 aromatic heterocycles. The Morgan fingerprint density at radius 2 is 1.49 bits per heavy atom. The average Bonchev–Trinajstić information content (AvgIpc) is 2.92. The second-order valence-corrected chi connectivity index (χ2v) is 9.14. The third-order valence-electron chi connectivity index (χ3n) is 6.25. The van der Waals surface area contributed by atoms with Crippen molar-refractivity contribution in [1.82, 2.24) is 14.9 Å². The Kier molecular flexibility index (Phi) is 11.0. The molecule has 8 heteroatoms. The van der Waals surface area contributed by atoms with Crippen LogP contribution < -0.4 is 10.6 Å². The summed E-state index contributed by atoms with van der Waals surface area (Å²) in [6.07, 6.45) is 6.24. The van der Waals surface area contributed by atoms with E-state index in [1.165, 1.54) is 10.5 Å². The first-order valence-corrected chi connectivity index (χ1v) is 12.8. The molecular weight excluding hydrogens is 466 g/mol. The highest BCUT2D eigenvalue weighted by Crippen LogP contribution is 2.17. The van der Waals surface area contributed by atoms with Gasteiger partial charge in [0.15, 0.2) is 0 Å². The van der Waals surface area contributed by atoms with Gasteiger partial charge >= 0.3 is 5.97 Å². The van der Waals surface area contributed by atoms with Gasteiger partial charge in [0.05, 0.1) is 11.3 Å². The van der Waals surface area contributed by atoms with E-state index in [4.69, 9.17) is 10.7 Å². The third-order valence-corrected chi connectivity index (χ3v) is 6.25. The highest BCUT2D eigenvalue weighted by atomic mass is 16.4. The van der Waals surface area contributed by atoms with Gasteiger partial charge < -0.3 is 20.6 Å². The summed E-state index contributed by atoms with van der Waals surface area (Å²) in [5, 5.41) is 9.47. The van der Waals surface area contributed by atoms with Crippen LogP contribution in [0.1, 0.15) is 46.4 Å². The number of carbonyl (C=O) groups is 2. The fraction of sp³-hybridized carbons (Fsp3) is 0.379. The van der Waals surface area contributed by atoms with Crippen LogP contribution in [0.3, 0.4) is 0 Å². The minimum Gasteiger partial charge on any atom is -0.480 e. The molecule has 3 aromatic rings. The number of carboxylic acids is 1. The summed E-state index contributed by atoms with van der Waals surface area (Å²) in [4.78, 5) is 37.7. The van der Waals surface area contributed by atoms with Crippen molar-refractivity contribution < 1.29 is 14.7 Å². The largest absolute Gasteiger partial charge is 0.480 e. The minimum absolute atomic E-state index is 0.292. The van der Waals surface area contributed by atoms with E-state index >= 15 is 0 Å². The van der Waals surface area contributed by atoms with Gasteiger partial charge in [-0.05, 0) is 49.8 Å². The standard InChI is InChI=1S/C29H37N5O3/c1-33(19-16-23-11-5-2-6-12-23)29-31-21-25(26(32-29)15-9-4-10-18-30)28(37)34(22-27(35)36)20-17-24-13-7-3-8-14-24/h2-3,5-8,11-14,21H,4,9-10,15-20,22,30H2,1H3,(H,35,36). The van der Waals surface area contributed by atoms with Crippen LogP contribution in [0.25, 0.3) is 0 Å². The number of aromatic nitrogens is 2. The minimum atomic E-state index is -1.05. The summed E-state index contributed by atoms with van der Waals surface area (Å²) in [5.74, 6) is -0.856. The molecule has 0 aliphatic heterocycles. The normalized spacial score (nSPS) is 10.8. The summed E-state index contributed by atoms with van der Waals surface area (Å²) < 4.78 is 0. The van der Waals surface area contributed by atoms with Gasteiger partial charge in [-0.3, -0.25) is 9.59 Å². The van der Waals surface area contributed by atoms with E-state index in [1.807, 2.05) is 60.5 Å². The monoisotopic (exact) mass is 503 g/mol. The molecule has 0 unspecified atom stereocenters. The lowest BCUT2D eigenvalue weighted by Gasteiger charge is -2.23. The van der Waals surface area contributed by atoms with Crippen molar-refractivity contribution in [2.24, 2.45) is 5.73 Å². The van der Waals surface area contributed by atoms with E-state index in [-0.39, 0.29) is 12.5 Å². The second-order valence-electron chi connectivity index (χ2n) is 9.14. The second kappa shape index (κ2) is 14.7. The molecule has 8 nitrogen and oxygen atoms in total. The summed E-state index contributed by atoms with van der Waals surface area (Å²) in [6.45, 7) is 1.26. The molecule has 0 fully saturated rings. The number of hydrogen-bond donors (Lipinski definition) is 2. The highest BCUT2D eigenvalue weighted by Gasteiger charge is 2.23. The maximum Gasteiger partial charge on any atom is 0.323 e. The zero-order valence-electron chi connectivity index (χ0n) is 21.6. The molecule has 0 aliphatic rings. The predicted molar refractivity (Wildman–Crippen MR) is 146 cm³/mol. The Hall–Kier alpha value is -3.78. The number of unbranched alkanes of at least 4 members (excludes halogenated alkanes) is 2. The molecule has 1 heterocycles. The van der Waals surface area contributed by atoms with Crippen molar-refractivity contribution in [1.29, 1.82) is 0 Å². The molecule has 0 saturated heterocycles. The van der Waals surface area contributed by atoms with Crippen LogP contribution in [0.15, 0.2) is 66.9 Å². The van der Waals surface area contributed by atoms with E-state index in [9.17, 15) is 14.7 Å². The van der Waals surface area contributed by atoms with E-state index in [2.05, 4.69) is 17.1 Å². The van der Waals surface area contributed by atoms with Gasteiger partial charge in [0, 0.05) is 26.3 Å². The van der Waals surface area contributed by atoms with Crippen LogP contribution in [0.4, 0.5) is 5.95 Å². The number of aliphatic carboxylic acids is 1. The number of nitrogens with two attached hydrogens (primary N) is 1. The van der Waals surface area contributed by atoms with Gasteiger partial charge in [-0.15, -0.1) is 0 Å². The first-order valence-electron chi connectivity index (χ1n) is 12.8. The number of likely N-dealkylation sites (N-methyl/N-ethyl adjacent to an activating group) is 1. The number of hydrogen-bond acceptors (Lipinski definition) is 6. The topological polar surface area (TPSA) is 113 Å². The van der Waals surface area contributed by atoms with Crippen molar-refractivity contribution in [3.63, 3.8) is 0 Å². The number of carboxylic acid groups (broad SMARTS) is 1. The van der Waals surface area contributed by atoms with Crippen molar-refractivity contribution in [2.75, 3.05) is 38.1 Å². The molecule has 0 aliphatic carbocycles. The lowest BCUT2D eigenvalue weighted by Crippen LogP contribution is -2.38. The van der Waals surface area contributed by atoms with Crippen LogP contribution in [0.2, 0.25) is 0 Å². The lowest BCUT2D eigenvalue weighted by molar-refractivity contribution is -0.137. The summed E-state index contributed by atoms with van der Waals surface area (Å²) in [7, 11) is 1.94. The maximum atomic E-state index is 13.6. The average molecular weight is 504 g/mol. The number of benzene rings is 2. The number of anilines is 1. The highest BCUT2D eigenvalue weighted by molar-refractivity contribution is 5.96. The van der Waals surface area contributed by atoms with Gasteiger partial charge in [-0.2, -0.15) is 0 Å². The Morgan fingerprint density at radius 3 is 2.08 bits per heavy atom. The predicted octanol–water partition coefficient (Wildman–Crippen LogP) is 3.60. The number of aryl methyl sites for hydroxylation is 1. The smallest absolute Gasteiger partial charge is 0.323 e. The van der Waals surface area contributed by atoms with E-state index < -0.39 is 5.97 Å². The lowest BCUT2D eigenvalue weighted by atomic mass is 10.1. The molecule has 196 valence electrons. The van der Waals surface area contributed by atoms with Crippen molar-refractivity contribution in [3.05, 3.63) is 89.2 Å². The molecule has 0 bridgehead atoms. The first kappa shape index (κ1) is 27.8. The molecule has 0 saturated carbocycles. The van der Waals surface area contributed by atoms with E-state index in [0.29, 0.717) is 43.1 Å². The SMILES string of the molecule is CN(CCc1ccccc1)c1ncc(C(=O)N(CCc2ccccc2)CC(=O)O)c(CCCCCN)n1. The van der Waals surface area contributed by atoms with Crippen molar-refractivity contribution >= 4 is 17.8 Å². The Labute approximate surface area is 219 Å². The van der Waals surface area contributed by atoms with Gasteiger partial charge in [0.25, 0.3) is 5.91 Å².